The van der Waals surface area contributed by atoms with Crippen LogP contribution < -0.4 is 15.0 Å². The first-order chi connectivity index (χ1) is 12.7. The molecule has 0 atom stereocenters. The van der Waals surface area contributed by atoms with Crippen molar-refractivity contribution in [2.24, 2.45) is 0 Å². The van der Waals surface area contributed by atoms with E-state index in [2.05, 4.69) is 10.2 Å². The van der Waals surface area contributed by atoms with E-state index in [1.165, 1.54) is 0 Å². The normalized spacial score (nSPS) is 14.0. The summed E-state index contributed by atoms with van der Waals surface area (Å²) in [7, 11) is 1.57. The Kier molecular flexibility index (Phi) is 5.86. The van der Waals surface area contributed by atoms with Crippen LogP contribution in [-0.4, -0.2) is 51.6 Å². The highest BCUT2D eigenvalue weighted by molar-refractivity contribution is 6.02. The zero-order valence-corrected chi connectivity index (χ0v) is 14.7. The Morgan fingerprint density at radius 3 is 2.23 bits per heavy atom. The van der Waals surface area contributed by atoms with Crippen molar-refractivity contribution in [3.8, 4) is 5.75 Å². The first kappa shape index (κ1) is 17.9. The average molecular weight is 354 g/mol. The molecule has 26 heavy (non-hydrogen) atoms. The first-order valence-electron chi connectivity index (χ1n) is 8.55. The molecule has 6 nitrogen and oxygen atoms in total. The largest absolute Gasteiger partial charge is 0.497 e. The lowest BCUT2D eigenvalue weighted by Crippen LogP contribution is -2.36. The van der Waals surface area contributed by atoms with Crippen molar-refractivity contribution in [2.75, 3.05) is 44.9 Å². The van der Waals surface area contributed by atoms with E-state index in [-0.39, 0.29) is 18.2 Å². The minimum Gasteiger partial charge on any atom is -0.497 e. The van der Waals surface area contributed by atoms with Gasteiger partial charge < -0.3 is 19.7 Å². The van der Waals surface area contributed by atoms with Crippen molar-refractivity contribution >= 4 is 17.4 Å². The van der Waals surface area contributed by atoms with Crippen LogP contribution >= 0.6 is 0 Å². The molecule has 1 aliphatic rings. The van der Waals surface area contributed by atoms with E-state index in [1.54, 1.807) is 43.5 Å². The summed E-state index contributed by atoms with van der Waals surface area (Å²) in [4.78, 5) is 26.6. The maximum absolute atomic E-state index is 12.3. The van der Waals surface area contributed by atoms with Gasteiger partial charge in [-0.05, 0) is 48.5 Å². The number of ketones is 1. The third-order valence-corrected chi connectivity index (χ3v) is 4.33. The highest BCUT2D eigenvalue weighted by Gasteiger charge is 2.13. The van der Waals surface area contributed by atoms with Crippen molar-refractivity contribution in [1.29, 1.82) is 0 Å². The monoisotopic (exact) mass is 354 g/mol. The Hall–Kier alpha value is -2.86. The Morgan fingerprint density at radius 1 is 1.00 bits per heavy atom. The van der Waals surface area contributed by atoms with Crippen LogP contribution in [0.4, 0.5) is 5.69 Å². The number of nitrogens with one attached hydrogen (secondary N) is 1. The summed E-state index contributed by atoms with van der Waals surface area (Å²) in [6, 6.07) is 14.2. The minimum atomic E-state index is -0.286. The molecule has 136 valence electrons. The number of benzene rings is 2. The Morgan fingerprint density at radius 2 is 1.62 bits per heavy atom. The van der Waals surface area contributed by atoms with Crippen molar-refractivity contribution in [2.45, 2.75) is 0 Å². The van der Waals surface area contributed by atoms with Gasteiger partial charge in [-0.1, -0.05) is 0 Å². The first-order valence-corrected chi connectivity index (χ1v) is 8.55. The average Bonchev–Trinajstić information content (AvgIpc) is 2.72. The van der Waals surface area contributed by atoms with Gasteiger partial charge in [-0.3, -0.25) is 9.59 Å². The smallest absolute Gasteiger partial charge is 0.251 e. The number of hydrogen-bond acceptors (Lipinski definition) is 5. The molecule has 1 aliphatic heterocycles. The quantitative estimate of drug-likeness (QED) is 0.805. The number of Topliss-reactive ketones (excluding diaryl/α,β-unsaturated/α-hetero) is 1. The molecule has 1 N–H and O–H groups in total. The molecule has 2 aromatic rings. The van der Waals surface area contributed by atoms with E-state index in [1.807, 2.05) is 12.1 Å². The molecular formula is C20H22N2O4. The molecule has 0 spiro atoms. The molecule has 0 aromatic heterocycles. The van der Waals surface area contributed by atoms with Gasteiger partial charge in [-0.2, -0.15) is 0 Å². The molecule has 0 unspecified atom stereocenters. The molecule has 0 aliphatic carbocycles. The van der Waals surface area contributed by atoms with Crippen molar-refractivity contribution in [3.63, 3.8) is 0 Å². The molecule has 2 aromatic carbocycles. The van der Waals surface area contributed by atoms with Crippen LogP contribution in [0.5, 0.6) is 5.75 Å². The Bertz CT molecular complexity index is 750. The lowest BCUT2D eigenvalue weighted by molar-refractivity contribution is 0.0904. The molecule has 1 saturated heterocycles. The van der Waals surface area contributed by atoms with Crippen LogP contribution in [-0.2, 0) is 4.74 Å². The number of morpholine rings is 1. The fourth-order valence-electron chi connectivity index (χ4n) is 2.79. The summed E-state index contributed by atoms with van der Waals surface area (Å²) in [5.74, 6) is 0.268. The van der Waals surface area contributed by atoms with Crippen LogP contribution in [0.1, 0.15) is 20.7 Å². The second kappa shape index (κ2) is 8.49. The van der Waals surface area contributed by atoms with Gasteiger partial charge in [0.1, 0.15) is 5.75 Å². The summed E-state index contributed by atoms with van der Waals surface area (Å²) in [6.07, 6.45) is 0. The van der Waals surface area contributed by atoms with Gasteiger partial charge in [0.05, 0.1) is 26.9 Å². The molecule has 1 heterocycles. The second-order valence-electron chi connectivity index (χ2n) is 5.98. The van der Waals surface area contributed by atoms with Gasteiger partial charge in [-0.25, -0.2) is 0 Å². The molecule has 0 radical (unpaired) electrons. The highest BCUT2D eigenvalue weighted by Crippen LogP contribution is 2.17. The molecular weight excluding hydrogens is 332 g/mol. The number of amides is 1. The summed E-state index contributed by atoms with van der Waals surface area (Å²) < 4.78 is 10.4. The SMILES string of the molecule is COc1ccc(C(=O)NCC(=O)c2ccc(N3CCOCC3)cc2)cc1. The van der Waals surface area contributed by atoms with E-state index >= 15 is 0 Å². The third-order valence-electron chi connectivity index (χ3n) is 4.33. The van der Waals surface area contributed by atoms with Gasteiger partial charge in [0.15, 0.2) is 5.78 Å². The summed E-state index contributed by atoms with van der Waals surface area (Å²) in [5.41, 5.74) is 2.14. The molecule has 0 saturated carbocycles. The Labute approximate surface area is 152 Å². The Balaban J connectivity index is 1.54. The zero-order valence-electron chi connectivity index (χ0n) is 14.7. The summed E-state index contributed by atoms with van der Waals surface area (Å²) >= 11 is 0. The van der Waals surface area contributed by atoms with Crippen LogP contribution in [0.25, 0.3) is 0 Å². The predicted octanol–water partition coefficient (Wildman–Crippen LogP) is 2.14. The van der Waals surface area contributed by atoms with E-state index in [9.17, 15) is 9.59 Å². The number of carbonyl (C=O) groups is 2. The topological polar surface area (TPSA) is 67.9 Å². The van der Waals surface area contributed by atoms with E-state index in [0.717, 1.165) is 32.0 Å². The standard InChI is InChI=1S/C20H22N2O4/c1-25-18-8-4-16(5-9-18)20(24)21-14-19(23)15-2-6-17(7-3-15)22-10-12-26-13-11-22/h2-9H,10-14H2,1H3,(H,21,24). The van der Waals surface area contributed by atoms with Crippen LogP contribution in [0.2, 0.25) is 0 Å². The van der Waals surface area contributed by atoms with Gasteiger partial charge >= 0.3 is 0 Å². The van der Waals surface area contributed by atoms with Crippen LogP contribution in [0.3, 0.4) is 0 Å². The maximum Gasteiger partial charge on any atom is 0.251 e. The molecule has 3 rings (SSSR count). The van der Waals surface area contributed by atoms with Crippen molar-refractivity contribution in [1.82, 2.24) is 5.32 Å². The van der Waals surface area contributed by atoms with Crippen molar-refractivity contribution < 1.29 is 19.1 Å². The second-order valence-corrected chi connectivity index (χ2v) is 5.98. The van der Waals surface area contributed by atoms with Crippen LogP contribution in [0, 0.1) is 0 Å². The molecule has 0 bridgehead atoms. The molecule has 6 heteroatoms. The number of methoxy groups -OCH3 is 1. The fraction of sp³-hybridized carbons (Fsp3) is 0.300. The number of rotatable bonds is 6. The fourth-order valence-corrected chi connectivity index (χ4v) is 2.79. The number of ether oxygens (including phenoxy) is 2. The number of nitrogens with zero attached hydrogens (tertiary/aromatic N) is 1. The van der Waals surface area contributed by atoms with Gasteiger partial charge in [0, 0.05) is 29.9 Å². The summed E-state index contributed by atoms with van der Waals surface area (Å²) in [6.45, 7) is 3.11. The van der Waals surface area contributed by atoms with Gasteiger partial charge in [0.2, 0.25) is 0 Å². The number of hydrogen-bond donors (Lipinski definition) is 1. The predicted molar refractivity (Wildman–Crippen MR) is 99.1 cm³/mol. The zero-order chi connectivity index (χ0) is 18.4. The molecule has 1 amide bonds. The van der Waals surface area contributed by atoms with Crippen LogP contribution in [0.15, 0.2) is 48.5 Å². The lowest BCUT2D eigenvalue weighted by Gasteiger charge is -2.28. The third kappa shape index (κ3) is 4.40. The van der Waals surface area contributed by atoms with Crippen molar-refractivity contribution in [3.05, 3.63) is 59.7 Å². The highest BCUT2D eigenvalue weighted by atomic mass is 16.5. The van der Waals surface area contributed by atoms with E-state index in [0.29, 0.717) is 16.9 Å². The molecule has 1 fully saturated rings. The van der Waals surface area contributed by atoms with Gasteiger partial charge in [0.25, 0.3) is 5.91 Å². The maximum atomic E-state index is 12.3. The van der Waals surface area contributed by atoms with E-state index < -0.39 is 0 Å². The lowest BCUT2D eigenvalue weighted by atomic mass is 10.1. The van der Waals surface area contributed by atoms with Gasteiger partial charge in [-0.15, -0.1) is 0 Å². The number of carbonyl (C=O) groups excluding carboxylic acids is 2. The summed E-state index contributed by atoms with van der Waals surface area (Å²) in [5, 5.41) is 2.66. The number of anilines is 1. The minimum absolute atomic E-state index is 0.0399. The van der Waals surface area contributed by atoms with E-state index in [4.69, 9.17) is 9.47 Å².